The summed E-state index contributed by atoms with van der Waals surface area (Å²) in [5.74, 6) is -0.366. The molecule has 6 heteroatoms. The molecule has 1 aromatic heterocycles. The van der Waals surface area contributed by atoms with Gasteiger partial charge in [0.05, 0.1) is 17.5 Å². The van der Waals surface area contributed by atoms with Gasteiger partial charge in [-0.2, -0.15) is 0 Å². The average molecular weight is 357 g/mol. The van der Waals surface area contributed by atoms with Gasteiger partial charge in [0.2, 0.25) is 5.91 Å². The monoisotopic (exact) mass is 357 g/mol. The van der Waals surface area contributed by atoms with Crippen molar-refractivity contribution in [2.24, 2.45) is 0 Å². The fraction of sp³-hybridized carbons (Fsp3) is 0.368. The molecule has 2 amide bonds. The Kier molecular flexibility index (Phi) is 6.19. The Balaban J connectivity index is 1.52. The maximum Gasteiger partial charge on any atom is 0.261 e. The van der Waals surface area contributed by atoms with E-state index >= 15 is 0 Å². The molecule has 1 aliphatic rings. The van der Waals surface area contributed by atoms with E-state index in [1.54, 1.807) is 6.07 Å². The van der Waals surface area contributed by atoms with E-state index in [4.69, 9.17) is 0 Å². The van der Waals surface area contributed by atoms with Crippen molar-refractivity contribution in [3.05, 3.63) is 58.3 Å². The molecule has 132 valence electrons. The molecule has 5 nitrogen and oxygen atoms in total. The van der Waals surface area contributed by atoms with Gasteiger partial charge in [-0.3, -0.25) is 14.5 Å². The number of hydrogen-bond donors (Lipinski definition) is 2. The van der Waals surface area contributed by atoms with Crippen LogP contribution < -0.4 is 10.6 Å². The van der Waals surface area contributed by atoms with Crippen molar-refractivity contribution < 1.29 is 9.59 Å². The van der Waals surface area contributed by atoms with E-state index in [1.165, 1.54) is 29.7 Å². The van der Waals surface area contributed by atoms with Crippen molar-refractivity contribution >= 4 is 23.2 Å². The summed E-state index contributed by atoms with van der Waals surface area (Å²) in [7, 11) is 0. The minimum atomic E-state index is -0.204. The number of thiophene rings is 1. The molecule has 1 aliphatic heterocycles. The highest BCUT2D eigenvalue weighted by molar-refractivity contribution is 7.12. The van der Waals surface area contributed by atoms with Crippen LogP contribution in [-0.2, 0) is 4.79 Å². The van der Waals surface area contributed by atoms with E-state index in [9.17, 15) is 9.59 Å². The average Bonchev–Trinajstić information content (AvgIpc) is 3.34. The lowest BCUT2D eigenvalue weighted by molar-refractivity contribution is -0.120. The second-order valence-corrected chi connectivity index (χ2v) is 7.08. The first-order valence-electron chi connectivity index (χ1n) is 8.61. The molecule has 1 saturated heterocycles. The summed E-state index contributed by atoms with van der Waals surface area (Å²) in [6.45, 7) is 2.67. The fourth-order valence-corrected chi connectivity index (χ4v) is 3.75. The molecule has 1 aromatic carbocycles. The molecule has 1 fully saturated rings. The molecule has 25 heavy (non-hydrogen) atoms. The van der Waals surface area contributed by atoms with Crippen molar-refractivity contribution in [1.29, 1.82) is 0 Å². The molecular formula is C19H23N3O2S. The van der Waals surface area contributed by atoms with Crippen LogP contribution in [0.15, 0.2) is 47.8 Å². The summed E-state index contributed by atoms with van der Waals surface area (Å²) in [6.07, 6.45) is 2.41. The number of likely N-dealkylation sites (tertiary alicyclic amines) is 1. The predicted octanol–water partition coefficient (Wildman–Crippen LogP) is 2.43. The van der Waals surface area contributed by atoms with Crippen LogP contribution in [0.5, 0.6) is 0 Å². The van der Waals surface area contributed by atoms with Crippen LogP contribution in [0.2, 0.25) is 0 Å². The summed E-state index contributed by atoms with van der Waals surface area (Å²) in [4.78, 5) is 27.1. The molecule has 0 radical (unpaired) electrons. The predicted molar refractivity (Wildman–Crippen MR) is 99.7 cm³/mol. The number of hydrogen-bond acceptors (Lipinski definition) is 4. The zero-order chi connectivity index (χ0) is 17.5. The van der Waals surface area contributed by atoms with Crippen LogP contribution >= 0.6 is 11.3 Å². The zero-order valence-electron chi connectivity index (χ0n) is 14.1. The molecular weight excluding hydrogens is 334 g/mol. The molecule has 0 saturated carbocycles. The van der Waals surface area contributed by atoms with Gasteiger partial charge in [-0.15, -0.1) is 11.3 Å². The fourth-order valence-electron chi connectivity index (χ4n) is 3.11. The normalized spacial score (nSPS) is 15.7. The zero-order valence-corrected chi connectivity index (χ0v) is 14.9. The van der Waals surface area contributed by atoms with Gasteiger partial charge in [0.25, 0.3) is 5.91 Å². The third-order valence-electron chi connectivity index (χ3n) is 4.41. The third-order valence-corrected chi connectivity index (χ3v) is 5.28. The van der Waals surface area contributed by atoms with E-state index in [0.717, 1.165) is 13.1 Å². The summed E-state index contributed by atoms with van der Waals surface area (Å²) >= 11 is 1.36. The Labute approximate surface area is 152 Å². The highest BCUT2D eigenvalue weighted by atomic mass is 32.1. The van der Waals surface area contributed by atoms with Crippen LogP contribution in [0.3, 0.4) is 0 Å². The van der Waals surface area contributed by atoms with Gasteiger partial charge in [-0.05, 0) is 42.9 Å². The number of nitrogens with zero attached hydrogens (tertiary/aromatic N) is 1. The van der Waals surface area contributed by atoms with E-state index in [-0.39, 0.29) is 24.4 Å². The highest BCUT2D eigenvalue weighted by Gasteiger charge is 2.23. The van der Waals surface area contributed by atoms with Crippen LogP contribution in [0.1, 0.15) is 34.1 Å². The smallest absolute Gasteiger partial charge is 0.261 e. The van der Waals surface area contributed by atoms with Gasteiger partial charge >= 0.3 is 0 Å². The minimum absolute atomic E-state index is 0.00174. The molecule has 1 atom stereocenters. The largest absolute Gasteiger partial charge is 0.353 e. The number of benzene rings is 1. The summed E-state index contributed by atoms with van der Waals surface area (Å²) < 4.78 is 0. The van der Waals surface area contributed by atoms with E-state index in [0.29, 0.717) is 11.4 Å². The van der Waals surface area contributed by atoms with Crippen LogP contribution in [-0.4, -0.2) is 42.9 Å². The van der Waals surface area contributed by atoms with Crippen molar-refractivity contribution in [2.45, 2.75) is 18.9 Å². The molecule has 3 rings (SSSR count). The molecule has 0 spiro atoms. The van der Waals surface area contributed by atoms with E-state index in [2.05, 4.69) is 27.7 Å². The third kappa shape index (κ3) is 4.90. The highest BCUT2D eigenvalue weighted by Crippen LogP contribution is 2.24. The van der Waals surface area contributed by atoms with Gasteiger partial charge in [0, 0.05) is 6.54 Å². The lowest BCUT2D eigenvalue weighted by atomic mass is 10.1. The van der Waals surface area contributed by atoms with Gasteiger partial charge in [0.1, 0.15) is 0 Å². The first-order valence-corrected chi connectivity index (χ1v) is 9.49. The van der Waals surface area contributed by atoms with E-state index < -0.39 is 0 Å². The summed E-state index contributed by atoms with van der Waals surface area (Å²) in [6, 6.07) is 14.0. The van der Waals surface area contributed by atoms with Crippen molar-refractivity contribution in [1.82, 2.24) is 15.5 Å². The second-order valence-electron chi connectivity index (χ2n) is 6.13. The SMILES string of the molecule is O=C(CNC(=O)c1cccs1)NCC(c1ccccc1)N1CCCC1. The van der Waals surface area contributed by atoms with Gasteiger partial charge in [0.15, 0.2) is 0 Å². The van der Waals surface area contributed by atoms with Crippen LogP contribution in [0.4, 0.5) is 0 Å². The van der Waals surface area contributed by atoms with Gasteiger partial charge in [-0.1, -0.05) is 36.4 Å². The van der Waals surface area contributed by atoms with E-state index in [1.807, 2.05) is 29.6 Å². The first kappa shape index (κ1) is 17.6. The standard InChI is InChI=1S/C19H23N3O2S/c23-18(14-21-19(24)17-9-6-12-25-17)20-13-16(22-10-4-5-11-22)15-7-2-1-3-8-15/h1-3,6-9,12,16H,4-5,10-11,13-14H2,(H,20,23)(H,21,24). The maximum atomic E-state index is 12.1. The number of carbonyl (C=O) groups is 2. The number of amides is 2. The lowest BCUT2D eigenvalue weighted by Gasteiger charge is -2.28. The summed E-state index contributed by atoms with van der Waals surface area (Å²) in [5.41, 5.74) is 1.22. The quantitative estimate of drug-likeness (QED) is 0.800. The molecule has 0 bridgehead atoms. The number of rotatable bonds is 7. The Morgan fingerprint density at radius 3 is 2.48 bits per heavy atom. The Morgan fingerprint density at radius 2 is 1.80 bits per heavy atom. The van der Waals surface area contributed by atoms with Crippen LogP contribution in [0.25, 0.3) is 0 Å². The van der Waals surface area contributed by atoms with Crippen molar-refractivity contribution in [3.8, 4) is 0 Å². The van der Waals surface area contributed by atoms with Crippen molar-refractivity contribution in [2.75, 3.05) is 26.2 Å². The topological polar surface area (TPSA) is 61.4 Å². The maximum absolute atomic E-state index is 12.1. The number of nitrogens with one attached hydrogen (secondary N) is 2. The van der Waals surface area contributed by atoms with Crippen LogP contribution in [0, 0.1) is 0 Å². The summed E-state index contributed by atoms with van der Waals surface area (Å²) in [5, 5.41) is 7.47. The van der Waals surface area contributed by atoms with Gasteiger partial charge in [-0.25, -0.2) is 0 Å². The Hall–Kier alpha value is -2.18. The minimum Gasteiger partial charge on any atom is -0.353 e. The Bertz CT molecular complexity index is 682. The van der Waals surface area contributed by atoms with Crippen molar-refractivity contribution in [3.63, 3.8) is 0 Å². The first-order chi connectivity index (χ1) is 12.2. The molecule has 0 aliphatic carbocycles. The number of carbonyl (C=O) groups excluding carboxylic acids is 2. The van der Waals surface area contributed by atoms with Gasteiger partial charge < -0.3 is 10.6 Å². The molecule has 2 aromatic rings. The molecule has 2 heterocycles. The Morgan fingerprint density at radius 1 is 1.04 bits per heavy atom. The lowest BCUT2D eigenvalue weighted by Crippen LogP contribution is -2.41. The second kappa shape index (κ2) is 8.78. The molecule has 1 unspecified atom stereocenters. The molecule has 2 N–H and O–H groups in total.